The van der Waals surface area contributed by atoms with E-state index in [0.717, 1.165) is 13.1 Å². The lowest BCUT2D eigenvalue weighted by Crippen LogP contribution is -2.46. The number of rotatable bonds is 0. The van der Waals surface area contributed by atoms with Crippen LogP contribution < -0.4 is 10.6 Å². The van der Waals surface area contributed by atoms with Gasteiger partial charge in [0.2, 0.25) is 0 Å². The SMILES string of the molecule is Brc1cccc2c1NC1(CCNCC1)C2. The zero-order valence-electron chi connectivity index (χ0n) is 8.65. The summed E-state index contributed by atoms with van der Waals surface area (Å²) < 4.78 is 1.20. The monoisotopic (exact) mass is 266 g/mol. The van der Waals surface area contributed by atoms with Gasteiger partial charge in [-0.15, -0.1) is 0 Å². The predicted molar refractivity (Wildman–Crippen MR) is 66.3 cm³/mol. The number of halogens is 1. The minimum atomic E-state index is 0.331. The van der Waals surface area contributed by atoms with Gasteiger partial charge in [0, 0.05) is 10.0 Å². The fourth-order valence-electron chi connectivity index (χ4n) is 2.74. The molecule has 0 radical (unpaired) electrons. The standard InChI is InChI=1S/C12H15BrN2/c13-10-3-1-2-9-8-12(15-11(9)10)4-6-14-7-5-12/h1-3,14-15H,4-8H2. The van der Waals surface area contributed by atoms with Crippen LogP contribution in [0, 0.1) is 0 Å². The summed E-state index contributed by atoms with van der Waals surface area (Å²) in [6.45, 7) is 2.28. The zero-order valence-corrected chi connectivity index (χ0v) is 10.2. The highest BCUT2D eigenvalue weighted by Crippen LogP contribution is 2.41. The first-order valence-corrected chi connectivity index (χ1v) is 6.35. The lowest BCUT2D eigenvalue weighted by Gasteiger charge is -2.34. The minimum Gasteiger partial charge on any atom is -0.378 e. The van der Waals surface area contributed by atoms with E-state index in [1.54, 1.807) is 0 Å². The smallest absolute Gasteiger partial charge is 0.0522 e. The number of para-hydroxylation sites is 1. The van der Waals surface area contributed by atoms with Gasteiger partial charge in [-0.3, -0.25) is 0 Å². The maximum atomic E-state index is 3.73. The summed E-state index contributed by atoms with van der Waals surface area (Å²) >= 11 is 3.62. The molecule has 1 aromatic carbocycles. The summed E-state index contributed by atoms with van der Waals surface area (Å²) in [5.74, 6) is 0. The average molecular weight is 267 g/mol. The molecule has 0 unspecified atom stereocenters. The van der Waals surface area contributed by atoms with Crippen molar-refractivity contribution in [2.45, 2.75) is 24.8 Å². The van der Waals surface area contributed by atoms with Gasteiger partial charge in [-0.25, -0.2) is 0 Å². The fraction of sp³-hybridized carbons (Fsp3) is 0.500. The lowest BCUT2D eigenvalue weighted by molar-refractivity contribution is 0.348. The third-order valence-electron chi connectivity index (χ3n) is 3.58. The van der Waals surface area contributed by atoms with Gasteiger partial charge < -0.3 is 10.6 Å². The molecule has 2 aliphatic heterocycles. The molecule has 0 aliphatic carbocycles. The summed E-state index contributed by atoms with van der Waals surface area (Å²) in [7, 11) is 0. The first-order chi connectivity index (χ1) is 7.29. The third kappa shape index (κ3) is 1.58. The van der Waals surface area contributed by atoms with E-state index in [1.807, 2.05) is 0 Å². The molecule has 1 fully saturated rings. The quantitative estimate of drug-likeness (QED) is 0.754. The molecule has 0 atom stereocenters. The van der Waals surface area contributed by atoms with E-state index in [1.165, 1.54) is 35.0 Å². The van der Waals surface area contributed by atoms with Gasteiger partial charge in [-0.2, -0.15) is 0 Å². The van der Waals surface area contributed by atoms with Gasteiger partial charge in [0.15, 0.2) is 0 Å². The Morgan fingerprint density at radius 3 is 2.73 bits per heavy atom. The first kappa shape index (κ1) is 9.67. The van der Waals surface area contributed by atoms with E-state index in [2.05, 4.69) is 44.8 Å². The third-order valence-corrected chi connectivity index (χ3v) is 4.24. The Balaban J connectivity index is 1.94. The van der Waals surface area contributed by atoms with Crippen LogP contribution in [-0.4, -0.2) is 18.6 Å². The Morgan fingerprint density at radius 2 is 2.00 bits per heavy atom. The molecule has 1 aromatic rings. The molecule has 3 rings (SSSR count). The highest BCUT2D eigenvalue weighted by atomic mass is 79.9. The molecule has 0 bridgehead atoms. The Morgan fingerprint density at radius 1 is 1.20 bits per heavy atom. The highest BCUT2D eigenvalue weighted by molar-refractivity contribution is 9.10. The normalized spacial score (nSPS) is 22.5. The molecule has 0 aromatic heterocycles. The van der Waals surface area contributed by atoms with E-state index >= 15 is 0 Å². The van der Waals surface area contributed by atoms with Crippen molar-refractivity contribution < 1.29 is 0 Å². The predicted octanol–water partition coefficient (Wildman–Crippen LogP) is 2.54. The molecule has 0 saturated carbocycles. The number of anilines is 1. The van der Waals surface area contributed by atoms with Crippen LogP contribution in [0.4, 0.5) is 5.69 Å². The lowest BCUT2D eigenvalue weighted by atomic mass is 9.86. The van der Waals surface area contributed by atoms with Crippen molar-refractivity contribution in [1.82, 2.24) is 5.32 Å². The van der Waals surface area contributed by atoms with Gasteiger partial charge in [0.1, 0.15) is 0 Å². The zero-order chi connectivity index (χ0) is 10.3. The van der Waals surface area contributed by atoms with Crippen LogP contribution in [0.3, 0.4) is 0 Å². The molecule has 1 saturated heterocycles. The molecule has 80 valence electrons. The van der Waals surface area contributed by atoms with E-state index in [4.69, 9.17) is 0 Å². The molecule has 15 heavy (non-hydrogen) atoms. The van der Waals surface area contributed by atoms with Crippen molar-refractivity contribution in [3.05, 3.63) is 28.2 Å². The Hall–Kier alpha value is -0.540. The maximum Gasteiger partial charge on any atom is 0.0522 e. The van der Waals surface area contributed by atoms with Crippen molar-refractivity contribution in [1.29, 1.82) is 0 Å². The van der Waals surface area contributed by atoms with E-state index in [0.29, 0.717) is 5.54 Å². The second-order valence-corrected chi connectivity index (χ2v) is 5.46. The van der Waals surface area contributed by atoms with Gasteiger partial charge in [0.25, 0.3) is 0 Å². The van der Waals surface area contributed by atoms with Crippen molar-refractivity contribution in [3.8, 4) is 0 Å². The van der Waals surface area contributed by atoms with Gasteiger partial charge in [-0.1, -0.05) is 12.1 Å². The molecule has 1 spiro atoms. The first-order valence-electron chi connectivity index (χ1n) is 5.55. The summed E-state index contributed by atoms with van der Waals surface area (Å²) in [6.07, 6.45) is 3.64. The van der Waals surface area contributed by atoms with E-state index in [-0.39, 0.29) is 0 Å². The molecule has 0 amide bonds. The summed E-state index contributed by atoms with van der Waals surface area (Å²) in [4.78, 5) is 0. The topological polar surface area (TPSA) is 24.1 Å². The maximum absolute atomic E-state index is 3.73. The second kappa shape index (κ2) is 3.49. The van der Waals surface area contributed by atoms with Crippen LogP contribution in [0.2, 0.25) is 0 Å². The largest absolute Gasteiger partial charge is 0.378 e. The summed E-state index contributed by atoms with van der Waals surface area (Å²) in [5, 5.41) is 7.16. The summed E-state index contributed by atoms with van der Waals surface area (Å²) in [6, 6.07) is 6.49. The fourth-order valence-corrected chi connectivity index (χ4v) is 3.24. The Bertz CT molecular complexity index is 383. The number of benzene rings is 1. The van der Waals surface area contributed by atoms with Gasteiger partial charge in [0.05, 0.1) is 5.69 Å². The van der Waals surface area contributed by atoms with Crippen LogP contribution in [0.5, 0.6) is 0 Å². The van der Waals surface area contributed by atoms with Crippen LogP contribution in [0.25, 0.3) is 0 Å². The van der Waals surface area contributed by atoms with E-state index in [9.17, 15) is 0 Å². The Kier molecular flexibility index (Phi) is 2.25. The number of fused-ring (bicyclic) bond motifs is 1. The second-order valence-electron chi connectivity index (χ2n) is 4.61. The Labute approximate surface area is 98.6 Å². The van der Waals surface area contributed by atoms with Crippen LogP contribution in [0.1, 0.15) is 18.4 Å². The molecule has 3 heteroatoms. The molecule has 2 N–H and O–H groups in total. The molecular weight excluding hydrogens is 252 g/mol. The number of piperidine rings is 1. The van der Waals surface area contributed by atoms with Crippen molar-refractivity contribution in [3.63, 3.8) is 0 Å². The minimum absolute atomic E-state index is 0.331. The molecule has 2 aliphatic rings. The van der Waals surface area contributed by atoms with Crippen molar-refractivity contribution in [2.24, 2.45) is 0 Å². The number of hydrogen-bond acceptors (Lipinski definition) is 2. The average Bonchev–Trinajstić information content (AvgIpc) is 2.59. The van der Waals surface area contributed by atoms with Gasteiger partial charge >= 0.3 is 0 Å². The van der Waals surface area contributed by atoms with E-state index < -0.39 is 0 Å². The molecular formula is C12H15BrN2. The number of hydrogen-bond donors (Lipinski definition) is 2. The van der Waals surface area contributed by atoms with Crippen LogP contribution >= 0.6 is 15.9 Å². The van der Waals surface area contributed by atoms with Crippen molar-refractivity contribution >= 4 is 21.6 Å². The van der Waals surface area contributed by atoms with Crippen LogP contribution in [-0.2, 0) is 6.42 Å². The number of nitrogens with one attached hydrogen (secondary N) is 2. The molecule has 2 heterocycles. The van der Waals surface area contributed by atoms with Crippen molar-refractivity contribution in [2.75, 3.05) is 18.4 Å². The molecule has 2 nitrogen and oxygen atoms in total. The highest BCUT2D eigenvalue weighted by Gasteiger charge is 2.38. The van der Waals surface area contributed by atoms with Gasteiger partial charge in [-0.05, 0) is 59.9 Å². The van der Waals surface area contributed by atoms with Crippen LogP contribution in [0.15, 0.2) is 22.7 Å². The summed E-state index contributed by atoms with van der Waals surface area (Å²) in [5.41, 5.74) is 3.11.